The predicted molar refractivity (Wildman–Crippen MR) is 60.5 cm³/mol. The van der Waals surface area contributed by atoms with E-state index >= 15 is 0 Å². The number of nitrogens with zero attached hydrogens (tertiary/aromatic N) is 2. The van der Waals surface area contributed by atoms with Gasteiger partial charge < -0.3 is 14.9 Å². The van der Waals surface area contributed by atoms with Crippen LogP contribution in [-0.4, -0.2) is 21.2 Å². The number of carboxylic acids is 1. The van der Waals surface area contributed by atoms with Crippen molar-refractivity contribution in [1.82, 2.24) is 15.5 Å². The summed E-state index contributed by atoms with van der Waals surface area (Å²) in [5, 5.41) is 15.5. The standard InChI is InChI=1S/C10H11N3O3S/c14-10(15)3-7-1-2-8(17-7)4-11-5-9-12-6-16-13-9/h1-2,6,11H,3-5H2,(H,14,15). The summed E-state index contributed by atoms with van der Waals surface area (Å²) in [4.78, 5) is 16.3. The van der Waals surface area contributed by atoms with E-state index in [0.717, 1.165) is 9.75 Å². The highest BCUT2D eigenvalue weighted by Gasteiger charge is 2.04. The van der Waals surface area contributed by atoms with Crippen LogP contribution in [0.3, 0.4) is 0 Å². The Bertz CT molecular complexity index is 481. The van der Waals surface area contributed by atoms with Crippen LogP contribution < -0.4 is 5.32 Å². The maximum absolute atomic E-state index is 10.5. The summed E-state index contributed by atoms with van der Waals surface area (Å²) < 4.78 is 4.60. The molecular weight excluding hydrogens is 242 g/mol. The summed E-state index contributed by atoms with van der Waals surface area (Å²) in [5.74, 6) is -0.203. The van der Waals surface area contributed by atoms with E-state index in [9.17, 15) is 4.79 Å². The first-order valence-electron chi connectivity index (χ1n) is 4.99. The summed E-state index contributed by atoms with van der Waals surface area (Å²) >= 11 is 1.49. The van der Waals surface area contributed by atoms with Crippen LogP contribution in [0, 0.1) is 0 Å². The molecule has 0 bridgehead atoms. The third-order valence-electron chi connectivity index (χ3n) is 2.03. The van der Waals surface area contributed by atoms with Crippen molar-refractivity contribution in [3.8, 4) is 0 Å². The highest BCUT2D eigenvalue weighted by molar-refractivity contribution is 7.12. The molecule has 0 aromatic carbocycles. The molecule has 0 aliphatic carbocycles. The quantitative estimate of drug-likeness (QED) is 0.800. The molecule has 2 N–H and O–H groups in total. The number of nitrogens with one attached hydrogen (secondary N) is 1. The van der Waals surface area contributed by atoms with E-state index in [-0.39, 0.29) is 6.42 Å². The molecule has 0 amide bonds. The van der Waals surface area contributed by atoms with Crippen LogP contribution in [0.25, 0.3) is 0 Å². The van der Waals surface area contributed by atoms with Gasteiger partial charge in [-0.05, 0) is 12.1 Å². The van der Waals surface area contributed by atoms with Gasteiger partial charge in [-0.15, -0.1) is 11.3 Å². The van der Waals surface area contributed by atoms with E-state index in [1.54, 1.807) is 0 Å². The number of carboxylic acid groups (broad SMARTS) is 1. The lowest BCUT2D eigenvalue weighted by atomic mass is 10.3. The molecule has 0 radical (unpaired) electrons. The van der Waals surface area contributed by atoms with Gasteiger partial charge >= 0.3 is 5.97 Å². The molecule has 0 aliphatic heterocycles. The molecule has 0 fully saturated rings. The molecule has 90 valence electrons. The minimum Gasteiger partial charge on any atom is -0.481 e. The lowest BCUT2D eigenvalue weighted by Crippen LogP contribution is -2.12. The van der Waals surface area contributed by atoms with Crippen molar-refractivity contribution in [3.63, 3.8) is 0 Å². The Hall–Kier alpha value is -1.73. The zero-order valence-electron chi connectivity index (χ0n) is 8.92. The van der Waals surface area contributed by atoms with E-state index in [4.69, 9.17) is 5.11 Å². The van der Waals surface area contributed by atoms with Crippen LogP contribution in [-0.2, 0) is 24.3 Å². The van der Waals surface area contributed by atoms with Gasteiger partial charge in [0.15, 0.2) is 5.82 Å². The van der Waals surface area contributed by atoms with E-state index < -0.39 is 5.97 Å². The Labute approximate surface area is 101 Å². The lowest BCUT2D eigenvalue weighted by molar-refractivity contribution is -0.136. The number of carbonyl (C=O) groups is 1. The molecule has 0 aliphatic rings. The molecule has 7 heteroatoms. The van der Waals surface area contributed by atoms with Crippen molar-refractivity contribution in [2.45, 2.75) is 19.5 Å². The molecule has 2 rings (SSSR count). The lowest BCUT2D eigenvalue weighted by Gasteiger charge is -1.97. The minimum absolute atomic E-state index is 0.0789. The topological polar surface area (TPSA) is 88.2 Å². The maximum atomic E-state index is 10.5. The van der Waals surface area contributed by atoms with Gasteiger partial charge in [0.1, 0.15) is 0 Å². The average molecular weight is 253 g/mol. The third kappa shape index (κ3) is 3.65. The highest BCUT2D eigenvalue weighted by atomic mass is 32.1. The van der Waals surface area contributed by atoms with Gasteiger partial charge in [0.05, 0.1) is 13.0 Å². The SMILES string of the molecule is O=C(O)Cc1ccc(CNCc2ncon2)s1. The first kappa shape index (κ1) is 11.7. The number of hydrogen-bond donors (Lipinski definition) is 2. The molecule has 2 aromatic heterocycles. The molecular formula is C10H11N3O3S. The van der Waals surface area contributed by atoms with Crippen molar-refractivity contribution in [2.75, 3.05) is 0 Å². The molecule has 2 aromatic rings. The zero-order valence-corrected chi connectivity index (χ0v) is 9.74. The van der Waals surface area contributed by atoms with Gasteiger partial charge in [0.2, 0.25) is 6.39 Å². The van der Waals surface area contributed by atoms with Crippen LogP contribution in [0.4, 0.5) is 0 Å². The molecule has 0 saturated carbocycles. The largest absolute Gasteiger partial charge is 0.481 e. The second-order valence-corrected chi connectivity index (χ2v) is 4.64. The van der Waals surface area contributed by atoms with Crippen molar-refractivity contribution < 1.29 is 14.4 Å². The van der Waals surface area contributed by atoms with Crippen molar-refractivity contribution >= 4 is 17.3 Å². The van der Waals surface area contributed by atoms with E-state index in [1.165, 1.54) is 17.7 Å². The van der Waals surface area contributed by atoms with Gasteiger partial charge in [-0.3, -0.25) is 4.79 Å². The molecule has 0 atom stereocenters. The van der Waals surface area contributed by atoms with Crippen molar-refractivity contribution in [2.24, 2.45) is 0 Å². The Morgan fingerprint density at radius 2 is 2.24 bits per heavy atom. The summed E-state index contributed by atoms with van der Waals surface area (Å²) in [6, 6.07) is 3.76. The van der Waals surface area contributed by atoms with Gasteiger partial charge in [0, 0.05) is 16.3 Å². The maximum Gasteiger partial charge on any atom is 0.308 e. The van der Waals surface area contributed by atoms with Gasteiger partial charge in [-0.2, -0.15) is 4.98 Å². The first-order valence-corrected chi connectivity index (χ1v) is 5.81. The summed E-state index contributed by atoms with van der Waals surface area (Å²) in [7, 11) is 0. The minimum atomic E-state index is -0.807. The first-order chi connectivity index (χ1) is 8.24. The average Bonchev–Trinajstić information content (AvgIpc) is 2.89. The Kier molecular flexibility index (Phi) is 3.84. The van der Waals surface area contributed by atoms with Crippen LogP contribution in [0.5, 0.6) is 0 Å². The highest BCUT2D eigenvalue weighted by Crippen LogP contribution is 2.16. The van der Waals surface area contributed by atoms with E-state index in [1.807, 2.05) is 12.1 Å². The summed E-state index contributed by atoms with van der Waals surface area (Å²) in [6.45, 7) is 1.20. The predicted octanol–water partition coefficient (Wildman–Crippen LogP) is 1.05. The van der Waals surface area contributed by atoms with Gasteiger partial charge in [-0.1, -0.05) is 5.16 Å². The van der Waals surface area contributed by atoms with Crippen LogP contribution >= 0.6 is 11.3 Å². The normalized spacial score (nSPS) is 10.6. The van der Waals surface area contributed by atoms with Crippen LogP contribution in [0.2, 0.25) is 0 Å². The molecule has 6 nitrogen and oxygen atoms in total. The van der Waals surface area contributed by atoms with Gasteiger partial charge in [0.25, 0.3) is 0 Å². The number of aliphatic carboxylic acids is 1. The monoisotopic (exact) mass is 253 g/mol. The van der Waals surface area contributed by atoms with E-state index in [0.29, 0.717) is 18.9 Å². The molecule has 0 saturated heterocycles. The Morgan fingerprint density at radius 3 is 2.94 bits per heavy atom. The van der Waals surface area contributed by atoms with Crippen molar-refractivity contribution in [3.05, 3.63) is 34.1 Å². The molecule has 0 spiro atoms. The summed E-state index contributed by atoms with van der Waals surface area (Å²) in [6.07, 6.45) is 1.36. The number of hydrogen-bond acceptors (Lipinski definition) is 6. The molecule has 0 unspecified atom stereocenters. The van der Waals surface area contributed by atoms with E-state index in [2.05, 4.69) is 20.0 Å². The fraction of sp³-hybridized carbons (Fsp3) is 0.300. The Balaban J connectivity index is 1.79. The number of aromatic nitrogens is 2. The van der Waals surface area contributed by atoms with Crippen molar-refractivity contribution in [1.29, 1.82) is 0 Å². The van der Waals surface area contributed by atoms with Crippen LogP contribution in [0.15, 0.2) is 23.0 Å². The fourth-order valence-electron chi connectivity index (χ4n) is 1.33. The smallest absolute Gasteiger partial charge is 0.308 e. The van der Waals surface area contributed by atoms with Crippen LogP contribution in [0.1, 0.15) is 15.6 Å². The second kappa shape index (κ2) is 5.55. The number of rotatable bonds is 6. The second-order valence-electron chi connectivity index (χ2n) is 3.39. The number of thiophene rings is 1. The molecule has 17 heavy (non-hydrogen) atoms. The van der Waals surface area contributed by atoms with Gasteiger partial charge in [-0.25, -0.2) is 0 Å². The zero-order chi connectivity index (χ0) is 12.1. The molecule has 2 heterocycles. The Morgan fingerprint density at radius 1 is 1.41 bits per heavy atom. The third-order valence-corrected chi connectivity index (χ3v) is 3.12. The summed E-state index contributed by atoms with van der Waals surface area (Å²) in [5.41, 5.74) is 0. The fourth-order valence-corrected chi connectivity index (χ4v) is 2.31.